The summed E-state index contributed by atoms with van der Waals surface area (Å²) >= 11 is 0. The van der Waals surface area contributed by atoms with Crippen molar-refractivity contribution < 1.29 is 13.9 Å². The topological polar surface area (TPSA) is 50.4 Å². The van der Waals surface area contributed by atoms with Crippen LogP contribution in [0.4, 0.5) is 4.39 Å². The molecule has 2 aromatic rings. The summed E-state index contributed by atoms with van der Waals surface area (Å²) in [5, 5.41) is 6.80. The van der Waals surface area contributed by atoms with Gasteiger partial charge in [-0.3, -0.25) is 4.79 Å². The van der Waals surface area contributed by atoms with E-state index in [0.29, 0.717) is 17.9 Å². The average Bonchev–Trinajstić information content (AvgIpc) is 2.57. The second-order valence-electron chi connectivity index (χ2n) is 8.91. The minimum atomic E-state index is -0.325. The van der Waals surface area contributed by atoms with Crippen LogP contribution in [-0.4, -0.2) is 23.0 Å². The number of piperidine rings is 1. The number of carbonyl (C=O) groups excluding carboxylic acids is 1. The van der Waals surface area contributed by atoms with Crippen LogP contribution in [0.15, 0.2) is 48.5 Å². The Kier molecular flexibility index (Phi) is 5.75. The van der Waals surface area contributed by atoms with Gasteiger partial charge in [0, 0.05) is 28.7 Å². The fraction of sp³-hybridized carbons (Fsp3) is 0.435. The molecule has 0 unspecified atom stereocenters. The molecule has 0 bridgehead atoms. The van der Waals surface area contributed by atoms with E-state index in [9.17, 15) is 9.18 Å². The Hall–Kier alpha value is -2.40. The molecule has 1 fully saturated rings. The highest BCUT2D eigenvalue weighted by molar-refractivity contribution is 5.94. The number of rotatable bonds is 5. The van der Waals surface area contributed by atoms with E-state index in [1.807, 2.05) is 12.1 Å². The quantitative estimate of drug-likeness (QED) is 0.801. The molecule has 3 rings (SSSR count). The minimum absolute atomic E-state index is 0.0161. The fourth-order valence-corrected chi connectivity index (χ4v) is 4.17. The normalized spacial score (nSPS) is 18.5. The maximum Gasteiger partial charge on any atom is 0.251 e. The van der Waals surface area contributed by atoms with Crippen LogP contribution in [0.5, 0.6) is 5.75 Å². The van der Waals surface area contributed by atoms with Crippen molar-refractivity contribution in [1.29, 1.82) is 0 Å². The molecule has 0 atom stereocenters. The molecular formula is C23H29FN2O2. The van der Waals surface area contributed by atoms with E-state index >= 15 is 0 Å². The van der Waals surface area contributed by atoms with Gasteiger partial charge in [-0.2, -0.15) is 0 Å². The summed E-state index contributed by atoms with van der Waals surface area (Å²) in [6, 6.07) is 13.5. The number of hydrogen-bond acceptors (Lipinski definition) is 3. The Labute approximate surface area is 166 Å². The molecule has 2 aromatic carbocycles. The van der Waals surface area contributed by atoms with Crippen molar-refractivity contribution in [2.24, 2.45) is 0 Å². The molecule has 4 nitrogen and oxygen atoms in total. The van der Waals surface area contributed by atoms with Gasteiger partial charge < -0.3 is 15.4 Å². The van der Waals surface area contributed by atoms with Gasteiger partial charge in [0.2, 0.25) is 0 Å². The van der Waals surface area contributed by atoms with Crippen molar-refractivity contribution >= 4 is 5.91 Å². The van der Waals surface area contributed by atoms with Gasteiger partial charge in [0.1, 0.15) is 18.2 Å². The van der Waals surface area contributed by atoms with Crippen molar-refractivity contribution in [3.8, 4) is 5.75 Å². The third kappa shape index (κ3) is 5.55. The molecule has 0 saturated carbocycles. The Bertz CT molecular complexity index is 815. The lowest BCUT2D eigenvalue weighted by molar-refractivity contribution is 0.0873. The Morgan fingerprint density at radius 1 is 1.11 bits per heavy atom. The molecule has 1 heterocycles. The van der Waals surface area contributed by atoms with E-state index in [4.69, 9.17) is 4.74 Å². The maximum atomic E-state index is 13.2. The number of benzene rings is 2. The zero-order valence-corrected chi connectivity index (χ0v) is 17.0. The van der Waals surface area contributed by atoms with Crippen LogP contribution in [0.25, 0.3) is 0 Å². The molecule has 2 N–H and O–H groups in total. The second-order valence-corrected chi connectivity index (χ2v) is 8.91. The van der Waals surface area contributed by atoms with Crippen molar-refractivity contribution in [1.82, 2.24) is 10.6 Å². The minimum Gasteiger partial charge on any atom is -0.489 e. The van der Waals surface area contributed by atoms with E-state index in [-0.39, 0.29) is 28.8 Å². The molecule has 1 aliphatic heterocycles. The van der Waals surface area contributed by atoms with E-state index in [2.05, 4.69) is 38.3 Å². The number of halogens is 1. The van der Waals surface area contributed by atoms with Gasteiger partial charge in [-0.05, 0) is 70.4 Å². The SMILES string of the molecule is CC1(C)CC(NC(=O)c2ccc(COc3cccc(F)c3)cc2)CC(C)(C)N1. The van der Waals surface area contributed by atoms with Crippen LogP contribution < -0.4 is 15.4 Å². The zero-order valence-electron chi connectivity index (χ0n) is 17.0. The monoisotopic (exact) mass is 384 g/mol. The summed E-state index contributed by atoms with van der Waals surface area (Å²) in [5.41, 5.74) is 1.52. The van der Waals surface area contributed by atoms with Crippen LogP contribution in [0.1, 0.15) is 56.5 Å². The van der Waals surface area contributed by atoms with Gasteiger partial charge in [-0.1, -0.05) is 18.2 Å². The predicted molar refractivity (Wildman–Crippen MR) is 109 cm³/mol. The van der Waals surface area contributed by atoms with Crippen molar-refractivity contribution in [3.63, 3.8) is 0 Å². The third-order valence-electron chi connectivity index (χ3n) is 4.94. The van der Waals surface area contributed by atoms with E-state index < -0.39 is 0 Å². The van der Waals surface area contributed by atoms with Gasteiger partial charge in [0.25, 0.3) is 5.91 Å². The summed E-state index contributed by atoms with van der Waals surface area (Å²) in [4.78, 5) is 12.7. The van der Waals surface area contributed by atoms with Gasteiger partial charge in [0.15, 0.2) is 0 Å². The van der Waals surface area contributed by atoms with Crippen LogP contribution in [0.2, 0.25) is 0 Å². The van der Waals surface area contributed by atoms with Crippen LogP contribution in [0.3, 0.4) is 0 Å². The first kappa shape index (κ1) is 20.3. The lowest BCUT2D eigenvalue weighted by atomic mass is 9.79. The van der Waals surface area contributed by atoms with Crippen molar-refractivity contribution in [2.75, 3.05) is 0 Å². The lowest BCUT2D eigenvalue weighted by Crippen LogP contribution is -2.62. The molecule has 28 heavy (non-hydrogen) atoms. The molecule has 5 heteroatoms. The number of nitrogens with one attached hydrogen (secondary N) is 2. The fourth-order valence-electron chi connectivity index (χ4n) is 4.17. The third-order valence-corrected chi connectivity index (χ3v) is 4.94. The molecule has 1 amide bonds. The molecular weight excluding hydrogens is 355 g/mol. The smallest absolute Gasteiger partial charge is 0.251 e. The highest BCUT2D eigenvalue weighted by atomic mass is 19.1. The van der Waals surface area contributed by atoms with E-state index in [1.165, 1.54) is 12.1 Å². The first-order valence-corrected chi connectivity index (χ1v) is 9.69. The van der Waals surface area contributed by atoms with Crippen molar-refractivity contribution in [3.05, 3.63) is 65.5 Å². The van der Waals surface area contributed by atoms with E-state index in [0.717, 1.165) is 18.4 Å². The summed E-state index contributed by atoms with van der Waals surface area (Å²) < 4.78 is 18.8. The predicted octanol–water partition coefficient (Wildman–Crippen LogP) is 4.44. The molecule has 1 aliphatic rings. The number of hydrogen-bond donors (Lipinski definition) is 2. The Morgan fingerprint density at radius 2 is 1.75 bits per heavy atom. The summed E-state index contributed by atoms with van der Waals surface area (Å²) in [5.74, 6) is 0.0999. The Balaban J connectivity index is 1.57. The van der Waals surface area contributed by atoms with Gasteiger partial charge in [-0.15, -0.1) is 0 Å². The largest absolute Gasteiger partial charge is 0.489 e. The number of ether oxygens (including phenoxy) is 1. The maximum absolute atomic E-state index is 13.2. The number of amides is 1. The van der Waals surface area contributed by atoms with Gasteiger partial charge in [0.05, 0.1) is 0 Å². The molecule has 0 spiro atoms. The highest BCUT2D eigenvalue weighted by Crippen LogP contribution is 2.28. The van der Waals surface area contributed by atoms with Crippen molar-refractivity contribution in [2.45, 2.75) is 64.3 Å². The summed E-state index contributed by atoms with van der Waals surface area (Å²) in [7, 11) is 0. The first-order valence-electron chi connectivity index (χ1n) is 9.69. The lowest BCUT2D eigenvalue weighted by Gasteiger charge is -2.46. The average molecular weight is 384 g/mol. The van der Waals surface area contributed by atoms with Crippen LogP contribution in [0, 0.1) is 5.82 Å². The van der Waals surface area contributed by atoms with E-state index in [1.54, 1.807) is 24.3 Å². The molecule has 0 aliphatic carbocycles. The van der Waals surface area contributed by atoms with Gasteiger partial charge in [-0.25, -0.2) is 4.39 Å². The molecule has 0 radical (unpaired) electrons. The standard InChI is InChI=1S/C23H29FN2O2/c1-22(2)13-19(14-23(3,4)26-22)25-21(27)17-10-8-16(9-11-17)15-28-20-7-5-6-18(24)12-20/h5-12,19,26H,13-15H2,1-4H3,(H,25,27). The van der Waals surface area contributed by atoms with Gasteiger partial charge >= 0.3 is 0 Å². The molecule has 0 aromatic heterocycles. The second kappa shape index (κ2) is 7.92. The zero-order chi connectivity index (χ0) is 20.4. The molecule has 150 valence electrons. The summed E-state index contributed by atoms with van der Waals surface area (Å²) in [6.45, 7) is 8.99. The highest BCUT2D eigenvalue weighted by Gasteiger charge is 2.38. The Morgan fingerprint density at radius 3 is 2.36 bits per heavy atom. The number of carbonyl (C=O) groups is 1. The first-order chi connectivity index (χ1) is 13.1. The molecule has 1 saturated heterocycles. The van der Waals surface area contributed by atoms with Crippen LogP contribution >= 0.6 is 0 Å². The summed E-state index contributed by atoms with van der Waals surface area (Å²) in [6.07, 6.45) is 1.78. The van der Waals surface area contributed by atoms with Crippen LogP contribution in [-0.2, 0) is 6.61 Å².